The summed E-state index contributed by atoms with van der Waals surface area (Å²) >= 11 is 1.32. The number of esters is 1. The van der Waals surface area contributed by atoms with E-state index in [1.165, 1.54) is 11.3 Å². The van der Waals surface area contributed by atoms with Gasteiger partial charge in [0.2, 0.25) is 10.9 Å². The van der Waals surface area contributed by atoms with E-state index in [4.69, 9.17) is 4.74 Å². The van der Waals surface area contributed by atoms with E-state index < -0.39 is 0 Å². The Bertz CT molecular complexity index is 503. The molecule has 1 saturated heterocycles. The van der Waals surface area contributed by atoms with Crippen LogP contribution in [0.4, 0.5) is 0 Å². The monoisotopic (exact) mass is 311 g/mol. The van der Waals surface area contributed by atoms with Gasteiger partial charge >= 0.3 is 5.97 Å². The van der Waals surface area contributed by atoms with Crippen molar-refractivity contribution in [3.63, 3.8) is 0 Å². The van der Waals surface area contributed by atoms with Crippen molar-refractivity contribution in [1.82, 2.24) is 15.2 Å². The second kappa shape index (κ2) is 7.51. The molecule has 21 heavy (non-hydrogen) atoms. The van der Waals surface area contributed by atoms with Crippen LogP contribution in [0.5, 0.6) is 0 Å². The van der Waals surface area contributed by atoms with Crippen molar-refractivity contribution >= 4 is 23.2 Å². The highest BCUT2D eigenvalue weighted by atomic mass is 32.1. The summed E-state index contributed by atoms with van der Waals surface area (Å²) in [5.74, 6) is -0.344. The maximum absolute atomic E-state index is 11.6. The molecule has 6 nitrogen and oxygen atoms in total. The van der Waals surface area contributed by atoms with Crippen LogP contribution in [0.2, 0.25) is 0 Å². The number of nitrogens with zero attached hydrogens (tertiary/aromatic N) is 2. The summed E-state index contributed by atoms with van der Waals surface area (Å²) in [4.78, 5) is 29.3. The van der Waals surface area contributed by atoms with Crippen LogP contribution in [0.3, 0.4) is 0 Å². The molecule has 1 aliphatic rings. The summed E-state index contributed by atoms with van der Waals surface area (Å²) in [6, 6.07) is 0.208. The van der Waals surface area contributed by atoms with Crippen molar-refractivity contribution in [1.29, 1.82) is 0 Å². The molecule has 1 aromatic rings. The van der Waals surface area contributed by atoms with Gasteiger partial charge in [0.05, 0.1) is 12.3 Å². The van der Waals surface area contributed by atoms with Crippen LogP contribution in [-0.4, -0.2) is 47.5 Å². The first-order valence-electron chi connectivity index (χ1n) is 7.19. The fourth-order valence-corrected chi connectivity index (χ4v) is 3.20. The molecule has 2 rings (SSSR count). The van der Waals surface area contributed by atoms with Crippen molar-refractivity contribution in [2.75, 3.05) is 19.7 Å². The topological polar surface area (TPSA) is 71.5 Å². The van der Waals surface area contributed by atoms with E-state index >= 15 is 0 Å². The van der Waals surface area contributed by atoms with Crippen LogP contribution in [-0.2, 0) is 16.1 Å². The molecule has 0 unspecified atom stereocenters. The summed E-state index contributed by atoms with van der Waals surface area (Å²) in [7, 11) is 0. The van der Waals surface area contributed by atoms with E-state index in [-0.39, 0.29) is 17.9 Å². The normalized spacial score (nSPS) is 19.2. The summed E-state index contributed by atoms with van der Waals surface area (Å²) < 4.78 is 4.94. The third-order valence-electron chi connectivity index (χ3n) is 3.30. The Hall–Kier alpha value is -1.47. The third kappa shape index (κ3) is 4.78. The summed E-state index contributed by atoms with van der Waals surface area (Å²) in [5.41, 5.74) is 0.881. The Labute approximate surface area is 128 Å². The summed E-state index contributed by atoms with van der Waals surface area (Å²) in [6.45, 7) is 6.20. The van der Waals surface area contributed by atoms with Gasteiger partial charge in [-0.1, -0.05) is 0 Å². The van der Waals surface area contributed by atoms with Crippen molar-refractivity contribution < 1.29 is 14.3 Å². The van der Waals surface area contributed by atoms with Crippen LogP contribution in [0, 0.1) is 0 Å². The maximum atomic E-state index is 11.6. The minimum absolute atomic E-state index is 0.0140. The molecule has 116 valence electrons. The minimum atomic E-state index is -0.358. The standard InChI is InChI=1S/C14H21N3O3S/c1-3-20-14(19)13-16-12(9-21-13)8-17-6-4-5-11(7-17)15-10(2)18/h9,11H,3-8H2,1-2H3,(H,15,18)/t11-/m1/s1. The van der Waals surface area contributed by atoms with Gasteiger partial charge < -0.3 is 10.1 Å². The summed E-state index contributed by atoms with van der Waals surface area (Å²) in [5, 5.41) is 5.27. The molecule has 0 bridgehead atoms. The van der Waals surface area contributed by atoms with Gasteiger partial charge in [0, 0.05) is 31.4 Å². The van der Waals surface area contributed by atoms with Crippen LogP contribution < -0.4 is 5.32 Å². The van der Waals surface area contributed by atoms with E-state index in [1.807, 2.05) is 5.38 Å². The molecule has 0 saturated carbocycles. The molecule has 0 aromatic carbocycles. The van der Waals surface area contributed by atoms with Crippen molar-refractivity contribution in [2.45, 2.75) is 39.3 Å². The van der Waals surface area contributed by atoms with E-state index in [9.17, 15) is 9.59 Å². The summed E-state index contributed by atoms with van der Waals surface area (Å²) in [6.07, 6.45) is 2.07. The van der Waals surface area contributed by atoms with Gasteiger partial charge in [-0.05, 0) is 26.3 Å². The Morgan fingerprint density at radius 1 is 1.57 bits per heavy atom. The van der Waals surface area contributed by atoms with Gasteiger partial charge in [-0.2, -0.15) is 0 Å². The van der Waals surface area contributed by atoms with Gasteiger partial charge in [0.15, 0.2) is 0 Å². The molecule has 1 fully saturated rings. The quantitative estimate of drug-likeness (QED) is 0.833. The van der Waals surface area contributed by atoms with Crippen molar-refractivity contribution in [2.24, 2.45) is 0 Å². The molecule has 1 aromatic heterocycles. The number of hydrogen-bond acceptors (Lipinski definition) is 6. The number of amides is 1. The van der Waals surface area contributed by atoms with E-state index in [0.717, 1.165) is 31.6 Å². The van der Waals surface area contributed by atoms with E-state index in [2.05, 4.69) is 15.2 Å². The molecule has 0 aliphatic carbocycles. The van der Waals surface area contributed by atoms with Gasteiger partial charge in [0.25, 0.3) is 0 Å². The number of carbonyl (C=O) groups excluding carboxylic acids is 2. The van der Waals surface area contributed by atoms with Gasteiger partial charge in [-0.3, -0.25) is 9.69 Å². The molecular formula is C14H21N3O3S. The zero-order valence-corrected chi connectivity index (χ0v) is 13.2. The predicted octanol–water partition coefficient (Wildman–Crippen LogP) is 1.42. The number of likely N-dealkylation sites (tertiary alicyclic amines) is 1. The Kier molecular flexibility index (Phi) is 5.69. The van der Waals surface area contributed by atoms with Gasteiger partial charge in [0.1, 0.15) is 0 Å². The number of thiazole rings is 1. The fraction of sp³-hybridized carbons (Fsp3) is 0.643. The maximum Gasteiger partial charge on any atom is 0.367 e. The molecule has 1 aliphatic heterocycles. The molecule has 1 atom stereocenters. The molecular weight excluding hydrogens is 290 g/mol. The Morgan fingerprint density at radius 3 is 3.10 bits per heavy atom. The number of carbonyl (C=O) groups is 2. The Morgan fingerprint density at radius 2 is 2.38 bits per heavy atom. The third-order valence-corrected chi connectivity index (χ3v) is 4.17. The number of rotatable bonds is 5. The first-order chi connectivity index (χ1) is 10.1. The number of nitrogens with one attached hydrogen (secondary N) is 1. The highest BCUT2D eigenvalue weighted by Gasteiger charge is 2.21. The van der Waals surface area contributed by atoms with Crippen LogP contribution in [0.1, 0.15) is 42.2 Å². The Balaban J connectivity index is 1.89. The minimum Gasteiger partial charge on any atom is -0.461 e. The largest absolute Gasteiger partial charge is 0.461 e. The number of aromatic nitrogens is 1. The van der Waals surface area contributed by atoms with E-state index in [1.54, 1.807) is 13.8 Å². The van der Waals surface area contributed by atoms with Crippen molar-refractivity contribution in [3.05, 3.63) is 16.1 Å². The van der Waals surface area contributed by atoms with Crippen LogP contribution in [0.15, 0.2) is 5.38 Å². The lowest BCUT2D eigenvalue weighted by Crippen LogP contribution is -2.46. The molecule has 7 heteroatoms. The molecule has 0 spiro atoms. The van der Waals surface area contributed by atoms with Crippen molar-refractivity contribution in [3.8, 4) is 0 Å². The lowest BCUT2D eigenvalue weighted by Gasteiger charge is -2.32. The average molecular weight is 311 g/mol. The number of piperidine rings is 1. The van der Waals surface area contributed by atoms with E-state index in [0.29, 0.717) is 18.2 Å². The SMILES string of the molecule is CCOC(=O)c1nc(CN2CCC[C@@H](NC(C)=O)C2)cs1. The van der Waals surface area contributed by atoms with Crippen LogP contribution in [0.25, 0.3) is 0 Å². The highest BCUT2D eigenvalue weighted by Crippen LogP contribution is 2.16. The first-order valence-corrected chi connectivity index (χ1v) is 8.07. The molecule has 2 heterocycles. The first kappa shape index (κ1) is 15.9. The predicted molar refractivity (Wildman–Crippen MR) is 80.2 cm³/mol. The van der Waals surface area contributed by atoms with Crippen LogP contribution >= 0.6 is 11.3 Å². The number of hydrogen-bond donors (Lipinski definition) is 1. The van der Waals surface area contributed by atoms with Gasteiger partial charge in [-0.25, -0.2) is 9.78 Å². The average Bonchev–Trinajstić information content (AvgIpc) is 2.87. The second-order valence-electron chi connectivity index (χ2n) is 5.14. The van der Waals surface area contributed by atoms with Gasteiger partial charge in [-0.15, -0.1) is 11.3 Å². The zero-order valence-electron chi connectivity index (χ0n) is 12.4. The molecule has 1 amide bonds. The lowest BCUT2D eigenvalue weighted by molar-refractivity contribution is -0.120. The highest BCUT2D eigenvalue weighted by molar-refractivity contribution is 7.11. The zero-order chi connectivity index (χ0) is 15.2. The fourth-order valence-electron chi connectivity index (χ4n) is 2.50. The molecule has 0 radical (unpaired) electrons. The molecule has 1 N–H and O–H groups in total. The smallest absolute Gasteiger partial charge is 0.367 e. The lowest BCUT2D eigenvalue weighted by atomic mass is 10.1. The number of ether oxygens (including phenoxy) is 1. The second-order valence-corrected chi connectivity index (χ2v) is 6.00.